The van der Waals surface area contributed by atoms with Crippen LogP contribution in [-0.2, 0) is 22.3 Å². The number of nitrogens with zero attached hydrogens (tertiary/aromatic N) is 2. The highest BCUT2D eigenvalue weighted by Gasteiger charge is 2.18. The smallest absolute Gasteiger partial charge is 0.242 e. The molecule has 10 heteroatoms. The van der Waals surface area contributed by atoms with Gasteiger partial charge in [0.2, 0.25) is 27.5 Å². The summed E-state index contributed by atoms with van der Waals surface area (Å²) >= 11 is 0. The molecular weight excluding hydrogens is 398 g/mol. The summed E-state index contributed by atoms with van der Waals surface area (Å²) in [6.45, 7) is -0.118. The normalized spacial score (nSPS) is 11.3. The molecule has 154 valence electrons. The number of sulfonamides is 1. The molecule has 0 amide bonds. The molecule has 1 N–H and O–H groups in total. The third-order valence-electron chi connectivity index (χ3n) is 4.03. The number of rotatable bonds is 9. The molecule has 29 heavy (non-hydrogen) atoms. The van der Waals surface area contributed by atoms with Gasteiger partial charge in [-0.3, -0.25) is 0 Å². The maximum Gasteiger partial charge on any atom is 0.242 e. The van der Waals surface area contributed by atoms with Crippen LogP contribution in [0, 0.1) is 0 Å². The highest BCUT2D eigenvalue weighted by Crippen LogP contribution is 2.40. The van der Waals surface area contributed by atoms with Gasteiger partial charge in [-0.2, -0.15) is 4.98 Å². The molecular formula is C19H21N3O6S. The summed E-state index contributed by atoms with van der Waals surface area (Å²) in [7, 11) is 0.964. The second-order valence-electron chi connectivity index (χ2n) is 5.99. The number of nitrogens with one attached hydrogen (secondary N) is 1. The number of hydrogen-bond donors (Lipinski definition) is 1. The Morgan fingerprint density at radius 1 is 1.00 bits per heavy atom. The topological polar surface area (TPSA) is 113 Å². The Labute approximate surface area is 168 Å². The minimum Gasteiger partial charge on any atom is -0.493 e. The fourth-order valence-electron chi connectivity index (χ4n) is 2.67. The van der Waals surface area contributed by atoms with Gasteiger partial charge in [0, 0.05) is 5.56 Å². The Hall–Kier alpha value is -3.11. The van der Waals surface area contributed by atoms with E-state index in [1.807, 2.05) is 6.07 Å². The molecule has 0 aliphatic heterocycles. The van der Waals surface area contributed by atoms with Gasteiger partial charge in [-0.25, -0.2) is 13.1 Å². The van der Waals surface area contributed by atoms with E-state index in [9.17, 15) is 8.42 Å². The van der Waals surface area contributed by atoms with E-state index in [4.69, 9.17) is 18.7 Å². The van der Waals surface area contributed by atoms with Crippen LogP contribution in [0.1, 0.15) is 11.5 Å². The molecule has 0 aliphatic carbocycles. The van der Waals surface area contributed by atoms with Crippen molar-refractivity contribution in [2.24, 2.45) is 0 Å². The lowest BCUT2D eigenvalue weighted by atomic mass is 10.1. The molecule has 0 radical (unpaired) electrons. The second-order valence-corrected chi connectivity index (χ2v) is 7.80. The molecule has 3 aromatic rings. The van der Waals surface area contributed by atoms with E-state index in [0.717, 1.165) is 0 Å². The van der Waals surface area contributed by atoms with Crippen LogP contribution in [0.4, 0.5) is 0 Å². The minimum absolute atomic E-state index is 0.118. The third-order valence-corrected chi connectivity index (χ3v) is 5.33. The molecule has 1 heterocycles. The van der Waals surface area contributed by atoms with Crippen LogP contribution in [0.25, 0.3) is 11.4 Å². The molecule has 1 aromatic heterocycles. The van der Waals surface area contributed by atoms with Crippen molar-refractivity contribution in [2.45, 2.75) is 12.3 Å². The van der Waals surface area contributed by atoms with Crippen LogP contribution in [0.2, 0.25) is 0 Å². The van der Waals surface area contributed by atoms with Crippen molar-refractivity contribution in [2.75, 3.05) is 21.3 Å². The van der Waals surface area contributed by atoms with Crippen LogP contribution < -0.4 is 18.9 Å². The zero-order chi connectivity index (χ0) is 20.9. The number of ether oxygens (including phenoxy) is 3. The van der Waals surface area contributed by atoms with E-state index in [1.54, 1.807) is 36.4 Å². The van der Waals surface area contributed by atoms with E-state index in [-0.39, 0.29) is 24.0 Å². The van der Waals surface area contributed by atoms with Gasteiger partial charge in [0.25, 0.3) is 0 Å². The first-order valence-electron chi connectivity index (χ1n) is 8.60. The highest BCUT2D eigenvalue weighted by atomic mass is 32.2. The number of benzene rings is 2. The van der Waals surface area contributed by atoms with Crippen molar-refractivity contribution in [3.05, 3.63) is 53.9 Å². The summed E-state index contributed by atoms with van der Waals surface area (Å²) in [5.74, 6) is 1.58. The van der Waals surface area contributed by atoms with E-state index in [1.165, 1.54) is 21.3 Å². The molecule has 2 aromatic carbocycles. The lowest BCUT2D eigenvalue weighted by molar-refractivity contribution is 0.324. The van der Waals surface area contributed by atoms with E-state index in [2.05, 4.69) is 14.9 Å². The lowest BCUT2D eigenvalue weighted by Crippen LogP contribution is -2.24. The van der Waals surface area contributed by atoms with Gasteiger partial charge in [0.15, 0.2) is 11.5 Å². The van der Waals surface area contributed by atoms with E-state index in [0.29, 0.717) is 28.4 Å². The molecule has 0 atom stereocenters. The Kier molecular flexibility index (Phi) is 6.35. The first kappa shape index (κ1) is 20.6. The van der Waals surface area contributed by atoms with E-state index < -0.39 is 10.0 Å². The fourth-order valence-corrected chi connectivity index (χ4v) is 3.75. The zero-order valence-corrected chi connectivity index (χ0v) is 17.0. The Bertz CT molecular complexity index is 1040. The average molecular weight is 419 g/mol. The molecule has 0 aliphatic rings. The van der Waals surface area contributed by atoms with Crippen molar-refractivity contribution in [1.82, 2.24) is 14.9 Å². The summed E-state index contributed by atoms with van der Waals surface area (Å²) in [6, 6.07) is 12.2. The first-order valence-corrected chi connectivity index (χ1v) is 10.2. The summed E-state index contributed by atoms with van der Waals surface area (Å²) < 4.78 is 48.0. The summed E-state index contributed by atoms with van der Waals surface area (Å²) in [4.78, 5) is 4.24. The van der Waals surface area contributed by atoms with Crippen LogP contribution in [0.15, 0.2) is 47.0 Å². The van der Waals surface area contributed by atoms with Gasteiger partial charge in [-0.05, 0) is 17.7 Å². The predicted octanol–water partition coefficient (Wildman–Crippen LogP) is 2.38. The molecule has 0 saturated carbocycles. The highest BCUT2D eigenvalue weighted by molar-refractivity contribution is 7.88. The minimum atomic E-state index is -3.55. The number of aromatic nitrogens is 2. The summed E-state index contributed by atoms with van der Waals surface area (Å²) in [6.07, 6.45) is 0. The maximum absolute atomic E-state index is 12.2. The van der Waals surface area contributed by atoms with Crippen molar-refractivity contribution in [3.63, 3.8) is 0 Å². The predicted molar refractivity (Wildman–Crippen MR) is 105 cm³/mol. The Morgan fingerprint density at radius 3 is 2.24 bits per heavy atom. The van der Waals surface area contributed by atoms with Gasteiger partial charge in [-0.1, -0.05) is 35.5 Å². The monoisotopic (exact) mass is 419 g/mol. The van der Waals surface area contributed by atoms with Gasteiger partial charge >= 0.3 is 0 Å². The van der Waals surface area contributed by atoms with Crippen molar-refractivity contribution in [1.29, 1.82) is 0 Å². The standard InChI is InChI=1S/C19H21N3O6S/c1-25-15-9-14(10-16(26-2)18(15)27-3)19-21-17(28-22-19)11-20-29(23,24)12-13-7-5-4-6-8-13/h4-10,20H,11-12H2,1-3H3. The largest absolute Gasteiger partial charge is 0.493 e. The van der Waals surface area contributed by atoms with Gasteiger partial charge in [0.1, 0.15) is 0 Å². The average Bonchev–Trinajstić information content (AvgIpc) is 3.21. The summed E-state index contributed by atoms with van der Waals surface area (Å²) in [5, 5.41) is 3.90. The second kappa shape index (κ2) is 8.93. The molecule has 9 nitrogen and oxygen atoms in total. The number of methoxy groups -OCH3 is 3. The fraction of sp³-hybridized carbons (Fsp3) is 0.263. The summed E-state index contributed by atoms with van der Waals surface area (Å²) in [5.41, 5.74) is 1.25. The molecule has 3 rings (SSSR count). The molecule has 0 fully saturated rings. The van der Waals surface area contributed by atoms with Crippen LogP contribution in [0.5, 0.6) is 17.2 Å². The molecule has 0 spiro atoms. The first-order chi connectivity index (χ1) is 14.0. The lowest BCUT2D eigenvalue weighted by Gasteiger charge is -2.12. The SMILES string of the molecule is COc1cc(-c2noc(CNS(=O)(=O)Cc3ccccc3)n2)cc(OC)c1OC. The maximum atomic E-state index is 12.2. The van der Waals surface area contributed by atoms with E-state index >= 15 is 0 Å². The van der Waals surface area contributed by atoms with Gasteiger partial charge in [-0.15, -0.1) is 0 Å². The van der Waals surface area contributed by atoms with Gasteiger partial charge < -0.3 is 18.7 Å². The third kappa shape index (κ3) is 5.04. The van der Waals surface area contributed by atoms with Crippen LogP contribution >= 0.6 is 0 Å². The molecule has 0 unspecified atom stereocenters. The van der Waals surface area contributed by atoms with Crippen LogP contribution in [0.3, 0.4) is 0 Å². The molecule has 0 saturated heterocycles. The van der Waals surface area contributed by atoms with Crippen molar-refractivity contribution in [3.8, 4) is 28.6 Å². The molecule has 0 bridgehead atoms. The van der Waals surface area contributed by atoms with Gasteiger partial charge in [0.05, 0.1) is 33.6 Å². The Balaban J connectivity index is 1.74. The number of hydrogen-bond acceptors (Lipinski definition) is 8. The van der Waals surface area contributed by atoms with Crippen LogP contribution in [-0.4, -0.2) is 39.9 Å². The quantitative estimate of drug-likeness (QED) is 0.562. The Morgan fingerprint density at radius 2 is 1.66 bits per heavy atom. The zero-order valence-electron chi connectivity index (χ0n) is 16.2. The van der Waals surface area contributed by atoms with Crippen molar-refractivity contribution < 1.29 is 27.2 Å². The van der Waals surface area contributed by atoms with Crippen molar-refractivity contribution >= 4 is 10.0 Å².